The average Bonchev–Trinajstić information content (AvgIpc) is 2.84. The van der Waals surface area contributed by atoms with Crippen molar-refractivity contribution in [3.8, 4) is 0 Å². The Hall–Kier alpha value is -0.570. The van der Waals surface area contributed by atoms with Gasteiger partial charge in [-0.25, -0.2) is 13.8 Å². The number of hydrogen-bond donors (Lipinski definition) is 0. The molecule has 0 unspecified atom stereocenters. The van der Waals surface area contributed by atoms with Gasteiger partial charge in [-0.2, -0.15) is 0 Å². The quantitative estimate of drug-likeness (QED) is 0.501. The number of nitrogens with zero attached hydrogens (tertiary/aromatic N) is 2. The van der Waals surface area contributed by atoms with Crippen molar-refractivity contribution in [1.82, 2.24) is 9.55 Å². The first-order chi connectivity index (χ1) is 10.8. The summed E-state index contributed by atoms with van der Waals surface area (Å²) in [6.45, 7) is 0.575. The predicted octanol–water partition coefficient (Wildman–Crippen LogP) is 4.61. The minimum atomic E-state index is -2.57. The van der Waals surface area contributed by atoms with Crippen LogP contribution >= 0.6 is 38.5 Å². The third-order valence-electron chi connectivity index (χ3n) is 5.20. The van der Waals surface area contributed by atoms with Crippen molar-refractivity contribution < 1.29 is 8.78 Å². The van der Waals surface area contributed by atoms with Crippen LogP contribution in [0.1, 0.15) is 37.9 Å². The maximum Gasteiger partial charge on any atom is 0.261 e. The van der Waals surface area contributed by atoms with E-state index in [1.54, 1.807) is 10.6 Å². The Morgan fingerprint density at radius 2 is 1.87 bits per heavy atom. The van der Waals surface area contributed by atoms with Crippen molar-refractivity contribution in [2.45, 2.75) is 50.0 Å². The number of halogens is 4. The minimum Gasteiger partial charge on any atom is -0.296 e. The van der Waals surface area contributed by atoms with Gasteiger partial charge in [0.05, 0.1) is 10.9 Å². The molecule has 0 amide bonds. The van der Waals surface area contributed by atoms with Gasteiger partial charge in [0.15, 0.2) is 0 Å². The standard InChI is InChI=1S/C16H14BrF2IN2O/c17-9-7-10-12(11(20)8-9)21-14-15(5-6-22(14)13(10)23)1-3-16(18,19)4-2-15/h7-8H,1-6H2. The first-order valence-electron chi connectivity index (χ1n) is 7.59. The zero-order valence-corrected chi connectivity index (χ0v) is 16.0. The lowest BCUT2D eigenvalue weighted by atomic mass is 9.71. The van der Waals surface area contributed by atoms with Crippen LogP contribution in [-0.4, -0.2) is 15.5 Å². The van der Waals surface area contributed by atoms with Gasteiger partial charge in [-0.05, 0) is 54.0 Å². The first-order valence-corrected chi connectivity index (χ1v) is 9.46. The van der Waals surface area contributed by atoms with Gasteiger partial charge in [-0.3, -0.25) is 9.36 Å². The second kappa shape index (κ2) is 5.21. The maximum absolute atomic E-state index is 13.6. The van der Waals surface area contributed by atoms with E-state index in [0.717, 1.165) is 14.5 Å². The summed E-state index contributed by atoms with van der Waals surface area (Å²) in [5.74, 6) is -1.86. The molecule has 1 spiro atoms. The summed E-state index contributed by atoms with van der Waals surface area (Å²) in [7, 11) is 0. The second-order valence-corrected chi connectivity index (χ2v) is 8.64. The molecule has 0 bridgehead atoms. The normalized spacial score (nSPS) is 21.7. The van der Waals surface area contributed by atoms with Crippen molar-refractivity contribution in [3.05, 3.63) is 36.4 Å². The SMILES string of the molecule is O=c1c2cc(Br)cc(I)c2nc2n1CCC21CCC(F)(F)CC1. The summed E-state index contributed by atoms with van der Waals surface area (Å²) in [4.78, 5) is 17.6. The van der Waals surface area contributed by atoms with Crippen molar-refractivity contribution in [1.29, 1.82) is 0 Å². The fourth-order valence-electron chi connectivity index (χ4n) is 3.87. The Labute approximate surface area is 153 Å². The number of aromatic nitrogens is 2. The van der Waals surface area contributed by atoms with Gasteiger partial charge >= 0.3 is 0 Å². The van der Waals surface area contributed by atoms with Crippen LogP contribution in [0.4, 0.5) is 8.78 Å². The summed E-state index contributed by atoms with van der Waals surface area (Å²) in [5.41, 5.74) is 0.271. The van der Waals surface area contributed by atoms with Crippen LogP contribution in [0.15, 0.2) is 21.4 Å². The Morgan fingerprint density at radius 1 is 1.17 bits per heavy atom. The van der Waals surface area contributed by atoms with Crippen molar-refractivity contribution in [2.24, 2.45) is 0 Å². The number of fused-ring (bicyclic) bond motifs is 3. The van der Waals surface area contributed by atoms with Crippen LogP contribution in [0.3, 0.4) is 0 Å². The van der Waals surface area contributed by atoms with Crippen LogP contribution in [0, 0.1) is 3.57 Å². The van der Waals surface area contributed by atoms with E-state index in [-0.39, 0.29) is 23.8 Å². The van der Waals surface area contributed by atoms with Gasteiger partial charge in [-0.15, -0.1) is 0 Å². The molecule has 0 atom stereocenters. The molecule has 1 aromatic carbocycles. The molecule has 2 heterocycles. The summed E-state index contributed by atoms with van der Waals surface area (Å²) in [6, 6.07) is 3.71. The Balaban J connectivity index is 1.92. The highest BCUT2D eigenvalue weighted by atomic mass is 127. The molecule has 0 N–H and O–H groups in total. The third-order valence-corrected chi connectivity index (χ3v) is 6.48. The fourth-order valence-corrected chi connectivity index (χ4v) is 5.50. The first kappa shape index (κ1) is 15.9. The van der Waals surface area contributed by atoms with Crippen LogP contribution < -0.4 is 5.56 Å². The van der Waals surface area contributed by atoms with Crippen molar-refractivity contribution in [3.63, 3.8) is 0 Å². The van der Waals surface area contributed by atoms with Crippen LogP contribution in [0.2, 0.25) is 0 Å². The maximum atomic E-state index is 13.6. The molecule has 2 aliphatic rings. The molecule has 2 aromatic rings. The van der Waals surface area contributed by atoms with Crippen LogP contribution in [0.5, 0.6) is 0 Å². The zero-order valence-electron chi connectivity index (χ0n) is 12.2. The summed E-state index contributed by atoms with van der Waals surface area (Å²) in [5, 5.41) is 0.589. The van der Waals surface area contributed by atoms with Gasteiger partial charge in [0, 0.05) is 32.8 Å². The van der Waals surface area contributed by atoms with Crippen molar-refractivity contribution in [2.75, 3.05) is 0 Å². The molecule has 1 aliphatic carbocycles. The molecular weight excluding hydrogens is 481 g/mol. The molecule has 0 radical (unpaired) electrons. The summed E-state index contributed by atoms with van der Waals surface area (Å²) in [6.07, 6.45) is 1.33. The van der Waals surface area contributed by atoms with Gasteiger partial charge in [0.1, 0.15) is 5.82 Å². The monoisotopic (exact) mass is 494 g/mol. The van der Waals surface area contributed by atoms with Gasteiger partial charge < -0.3 is 0 Å². The van der Waals surface area contributed by atoms with E-state index in [4.69, 9.17) is 4.98 Å². The minimum absolute atomic E-state index is 0.0570. The van der Waals surface area contributed by atoms with E-state index in [9.17, 15) is 13.6 Å². The molecule has 1 aromatic heterocycles. The van der Waals surface area contributed by atoms with E-state index in [1.165, 1.54) is 0 Å². The molecule has 122 valence electrons. The van der Waals surface area contributed by atoms with Gasteiger partial charge in [-0.1, -0.05) is 15.9 Å². The summed E-state index contributed by atoms with van der Waals surface area (Å²) < 4.78 is 30.6. The van der Waals surface area contributed by atoms with E-state index < -0.39 is 5.92 Å². The highest BCUT2D eigenvalue weighted by Gasteiger charge is 2.49. The topological polar surface area (TPSA) is 34.9 Å². The number of alkyl halides is 2. The smallest absolute Gasteiger partial charge is 0.261 e. The van der Waals surface area contributed by atoms with E-state index in [1.807, 2.05) is 6.07 Å². The fraction of sp³-hybridized carbons (Fsp3) is 0.500. The highest BCUT2D eigenvalue weighted by molar-refractivity contribution is 14.1. The molecule has 23 heavy (non-hydrogen) atoms. The van der Waals surface area contributed by atoms with Gasteiger partial charge in [0.2, 0.25) is 5.92 Å². The predicted molar refractivity (Wildman–Crippen MR) is 96.1 cm³/mol. The van der Waals surface area contributed by atoms with Crippen molar-refractivity contribution >= 4 is 49.4 Å². The summed E-state index contributed by atoms with van der Waals surface area (Å²) >= 11 is 5.59. The second-order valence-electron chi connectivity index (χ2n) is 6.56. The lowest BCUT2D eigenvalue weighted by molar-refractivity contribution is -0.0523. The van der Waals surface area contributed by atoms with Crippen LogP contribution in [-0.2, 0) is 12.0 Å². The lowest BCUT2D eigenvalue weighted by Crippen LogP contribution is -2.36. The zero-order chi connectivity index (χ0) is 16.4. The number of rotatable bonds is 0. The Morgan fingerprint density at radius 3 is 2.57 bits per heavy atom. The van der Waals surface area contributed by atoms with E-state index >= 15 is 0 Å². The molecule has 1 saturated carbocycles. The Bertz CT molecular complexity index is 870. The number of hydrogen-bond acceptors (Lipinski definition) is 2. The molecule has 1 aliphatic heterocycles. The molecule has 7 heteroatoms. The highest BCUT2D eigenvalue weighted by Crippen LogP contribution is 2.49. The molecular formula is C16H14BrF2IN2O. The lowest BCUT2D eigenvalue weighted by Gasteiger charge is -2.36. The van der Waals surface area contributed by atoms with Crippen LogP contribution in [0.25, 0.3) is 10.9 Å². The van der Waals surface area contributed by atoms with Gasteiger partial charge in [0.25, 0.3) is 5.56 Å². The molecule has 3 nitrogen and oxygen atoms in total. The molecule has 4 rings (SSSR count). The molecule has 0 saturated heterocycles. The largest absolute Gasteiger partial charge is 0.296 e. The number of benzene rings is 1. The Kier molecular flexibility index (Phi) is 3.61. The average molecular weight is 495 g/mol. The molecule has 1 fully saturated rings. The third kappa shape index (κ3) is 2.45. The van der Waals surface area contributed by atoms with E-state index in [2.05, 4.69) is 38.5 Å². The van der Waals surface area contributed by atoms with E-state index in [0.29, 0.717) is 36.1 Å².